The van der Waals surface area contributed by atoms with Gasteiger partial charge in [-0.1, -0.05) is 13.3 Å². The molecular formula is C20H24N2O5. The molecule has 0 unspecified atom stereocenters. The number of carbonyl (C=O) groups is 1. The van der Waals surface area contributed by atoms with Gasteiger partial charge >= 0.3 is 12.0 Å². The third kappa shape index (κ3) is 4.81. The number of unbranched alkanes of at least 4 members (excludes halogenated alkanes) is 1. The van der Waals surface area contributed by atoms with E-state index in [1.807, 2.05) is 31.2 Å². The number of ether oxygens (including phenoxy) is 2. The van der Waals surface area contributed by atoms with E-state index in [9.17, 15) is 4.79 Å². The lowest BCUT2D eigenvalue weighted by atomic mass is 10.2. The predicted molar refractivity (Wildman–Crippen MR) is 100 cm³/mol. The number of carboxylic acids is 1. The van der Waals surface area contributed by atoms with E-state index in [4.69, 9.17) is 19.0 Å². The van der Waals surface area contributed by atoms with Crippen LogP contribution in [0.3, 0.4) is 0 Å². The molecule has 0 amide bonds. The molecule has 7 heteroatoms. The molecule has 0 saturated carbocycles. The van der Waals surface area contributed by atoms with Crippen molar-refractivity contribution in [2.24, 2.45) is 0 Å². The second kappa shape index (κ2) is 8.62. The topological polar surface area (TPSA) is 86.7 Å². The molecule has 0 atom stereocenters. The van der Waals surface area contributed by atoms with Gasteiger partial charge in [-0.3, -0.25) is 4.79 Å². The van der Waals surface area contributed by atoms with Gasteiger partial charge in [0.2, 0.25) is 0 Å². The largest absolute Gasteiger partial charge is 0.493 e. The van der Waals surface area contributed by atoms with Crippen LogP contribution in [-0.2, 0) is 17.8 Å². The molecule has 3 aromatic rings. The van der Waals surface area contributed by atoms with Crippen molar-refractivity contribution in [1.29, 1.82) is 0 Å². The number of carboxylic acid groups (broad SMARTS) is 1. The average Bonchev–Trinajstić information content (AvgIpc) is 3.18. The normalized spacial score (nSPS) is 11.0. The zero-order valence-electron chi connectivity index (χ0n) is 15.6. The number of fused-ring (bicyclic) bond motifs is 1. The van der Waals surface area contributed by atoms with Gasteiger partial charge in [-0.05, 0) is 37.6 Å². The number of hydrogen-bond donors (Lipinski definition) is 1. The van der Waals surface area contributed by atoms with Crippen molar-refractivity contribution in [2.45, 2.75) is 39.7 Å². The maximum Gasteiger partial charge on any atom is 0.393 e. The molecule has 0 bridgehead atoms. The van der Waals surface area contributed by atoms with E-state index in [0.717, 1.165) is 40.9 Å². The van der Waals surface area contributed by atoms with Gasteiger partial charge in [-0.2, -0.15) is 4.98 Å². The van der Waals surface area contributed by atoms with E-state index in [2.05, 4.69) is 11.9 Å². The minimum absolute atomic E-state index is 0.0577. The number of nitrogens with zero attached hydrogens (tertiary/aromatic N) is 2. The summed E-state index contributed by atoms with van der Waals surface area (Å²) in [4.78, 5) is 15.3. The Morgan fingerprint density at radius 2 is 2.11 bits per heavy atom. The van der Waals surface area contributed by atoms with Crippen molar-refractivity contribution < 1.29 is 23.8 Å². The summed E-state index contributed by atoms with van der Waals surface area (Å²) in [6.07, 6.45) is 4.73. The monoisotopic (exact) mass is 372 g/mol. The zero-order chi connectivity index (χ0) is 19.2. The Hall–Kier alpha value is -2.96. The van der Waals surface area contributed by atoms with Crippen molar-refractivity contribution in [3.05, 3.63) is 41.9 Å². The summed E-state index contributed by atoms with van der Waals surface area (Å²) >= 11 is 0. The molecule has 1 N–H and O–H groups in total. The minimum atomic E-state index is -0.867. The van der Waals surface area contributed by atoms with Crippen LogP contribution < -0.4 is 9.47 Å². The standard InChI is InChI=1S/C20H24N2O5/c1-3-4-10-26-20-21-17(14(2)27-20)8-11-25-16-5-6-18-15(12-16)7-9-22(18)13-19(23)24/h5-7,9,12H,3-4,8,10-11,13H2,1-2H3,(H,23,24). The van der Waals surface area contributed by atoms with Gasteiger partial charge in [-0.25, -0.2) is 0 Å². The molecule has 144 valence electrons. The summed E-state index contributed by atoms with van der Waals surface area (Å²) in [5.41, 5.74) is 1.70. The van der Waals surface area contributed by atoms with Crippen molar-refractivity contribution in [3.8, 4) is 11.8 Å². The van der Waals surface area contributed by atoms with E-state index in [-0.39, 0.29) is 6.54 Å². The van der Waals surface area contributed by atoms with E-state index >= 15 is 0 Å². The van der Waals surface area contributed by atoms with Gasteiger partial charge < -0.3 is 23.6 Å². The van der Waals surface area contributed by atoms with Gasteiger partial charge in [0.1, 0.15) is 18.1 Å². The van der Waals surface area contributed by atoms with Crippen LogP contribution >= 0.6 is 0 Å². The van der Waals surface area contributed by atoms with Crippen molar-refractivity contribution >= 4 is 16.9 Å². The number of aryl methyl sites for hydroxylation is 1. The van der Waals surface area contributed by atoms with Crippen LogP contribution in [0.2, 0.25) is 0 Å². The first kappa shape index (κ1) is 18.8. The van der Waals surface area contributed by atoms with Gasteiger partial charge in [-0.15, -0.1) is 0 Å². The molecule has 2 aromatic heterocycles. The maximum absolute atomic E-state index is 10.9. The maximum atomic E-state index is 10.9. The fourth-order valence-corrected chi connectivity index (χ4v) is 2.82. The highest BCUT2D eigenvalue weighted by atomic mass is 16.6. The Kier molecular flexibility index (Phi) is 6.01. The zero-order valence-corrected chi connectivity index (χ0v) is 15.6. The minimum Gasteiger partial charge on any atom is -0.493 e. The Morgan fingerprint density at radius 1 is 1.26 bits per heavy atom. The lowest BCUT2D eigenvalue weighted by Gasteiger charge is -2.06. The van der Waals surface area contributed by atoms with Crippen LogP contribution in [0.5, 0.6) is 11.8 Å². The first-order valence-corrected chi connectivity index (χ1v) is 9.09. The Bertz CT molecular complexity index is 912. The van der Waals surface area contributed by atoms with Crippen LogP contribution in [0.25, 0.3) is 10.9 Å². The molecule has 0 saturated heterocycles. The van der Waals surface area contributed by atoms with Crippen LogP contribution in [0.1, 0.15) is 31.2 Å². The van der Waals surface area contributed by atoms with Crippen LogP contribution in [-0.4, -0.2) is 33.8 Å². The van der Waals surface area contributed by atoms with Gasteiger partial charge in [0.25, 0.3) is 0 Å². The summed E-state index contributed by atoms with van der Waals surface area (Å²) in [6.45, 7) is 4.98. The predicted octanol–water partition coefficient (Wildman–Crippen LogP) is 3.82. The smallest absolute Gasteiger partial charge is 0.393 e. The fourth-order valence-electron chi connectivity index (χ4n) is 2.82. The molecule has 3 rings (SSSR count). The van der Waals surface area contributed by atoms with Crippen molar-refractivity contribution in [2.75, 3.05) is 13.2 Å². The summed E-state index contributed by atoms with van der Waals surface area (Å²) in [5.74, 6) is 0.608. The third-order valence-electron chi connectivity index (χ3n) is 4.25. The van der Waals surface area contributed by atoms with Crippen LogP contribution in [0, 0.1) is 6.92 Å². The second-order valence-electron chi connectivity index (χ2n) is 6.34. The number of hydrogen-bond acceptors (Lipinski definition) is 5. The number of oxazole rings is 1. The van der Waals surface area contributed by atoms with Crippen molar-refractivity contribution in [1.82, 2.24) is 9.55 Å². The summed E-state index contributed by atoms with van der Waals surface area (Å²) in [7, 11) is 0. The van der Waals surface area contributed by atoms with Crippen LogP contribution in [0.4, 0.5) is 0 Å². The molecule has 1 aromatic carbocycles. The number of rotatable bonds is 10. The number of benzene rings is 1. The van der Waals surface area contributed by atoms with Gasteiger partial charge in [0.05, 0.1) is 18.9 Å². The van der Waals surface area contributed by atoms with Crippen molar-refractivity contribution in [3.63, 3.8) is 0 Å². The van der Waals surface area contributed by atoms with Crippen LogP contribution in [0.15, 0.2) is 34.9 Å². The van der Waals surface area contributed by atoms with Gasteiger partial charge in [0, 0.05) is 23.5 Å². The first-order chi connectivity index (χ1) is 13.1. The molecule has 2 heterocycles. The molecular weight excluding hydrogens is 348 g/mol. The van der Waals surface area contributed by atoms with E-state index < -0.39 is 5.97 Å². The molecule has 27 heavy (non-hydrogen) atoms. The molecule has 7 nitrogen and oxygen atoms in total. The first-order valence-electron chi connectivity index (χ1n) is 9.09. The Balaban J connectivity index is 1.56. The summed E-state index contributed by atoms with van der Waals surface area (Å²) < 4.78 is 18.5. The Morgan fingerprint density at radius 3 is 2.89 bits per heavy atom. The fraction of sp³-hybridized carbons (Fsp3) is 0.400. The highest BCUT2D eigenvalue weighted by molar-refractivity contribution is 5.83. The highest BCUT2D eigenvalue weighted by Crippen LogP contribution is 2.23. The lowest BCUT2D eigenvalue weighted by Crippen LogP contribution is -2.07. The SMILES string of the molecule is CCCCOc1nc(CCOc2ccc3c(ccn3CC(=O)O)c2)c(C)o1. The Labute approximate surface area is 157 Å². The number of aliphatic carboxylic acids is 1. The van der Waals surface area contributed by atoms with E-state index in [1.54, 1.807) is 10.8 Å². The average molecular weight is 372 g/mol. The highest BCUT2D eigenvalue weighted by Gasteiger charge is 2.11. The van der Waals surface area contributed by atoms with E-state index in [1.165, 1.54) is 0 Å². The quantitative estimate of drug-likeness (QED) is 0.545. The van der Waals surface area contributed by atoms with Gasteiger partial charge in [0.15, 0.2) is 0 Å². The molecule has 0 spiro atoms. The lowest BCUT2D eigenvalue weighted by molar-refractivity contribution is -0.137. The molecule has 0 fully saturated rings. The molecule has 0 aliphatic heterocycles. The summed E-state index contributed by atoms with van der Waals surface area (Å²) in [5, 5.41) is 9.88. The summed E-state index contributed by atoms with van der Waals surface area (Å²) in [6, 6.07) is 7.50. The van der Waals surface area contributed by atoms with E-state index in [0.29, 0.717) is 25.7 Å². The second-order valence-corrected chi connectivity index (χ2v) is 6.34. The molecule has 0 radical (unpaired) electrons. The number of aromatic nitrogens is 2. The third-order valence-corrected chi connectivity index (χ3v) is 4.25. The molecule has 0 aliphatic carbocycles. The molecule has 0 aliphatic rings.